The van der Waals surface area contributed by atoms with Crippen molar-refractivity contribution in [2.24, 2.45) is 0 Å². The Balaban J connectivity index is 1.60. The van der Waals surface area contributed by atoms with Gasteiger partial charge in [0.15, 0.2) is 0 Å². The van der Waals surface area contributed by atoms with Gasteiger partial charge in [-0.05, 0) is 42.3 Å². The molecule has 136 valence electrons. The molecule has 1 aromatic heterocycles. The summed E-state index contributed by atoms with van der Waals surface area (Å²) < 4.78 is 26.9. The number of sulfonamides is 1. The highest BCUT2D eigenvalue weighted by molar-refractivity contribution is 7.92. The van der Waals surface area contributed by atoms with Crippen molar-refractivity contribution in [1.82, 2.24) is 4.98 Å². The van der Waals surface area contributed by atoms with Gasteiger partial charge in [-0.3, -0.25) is 4.72 Å². The second-order valence-electron chi connectivity index (χ2n) is 5.91. The highest BCUT2D eigenvalue weighted by atomic mass is 32.2. The Labute approximate surface area is 158 Å². The van der Waals surface area contributed by atoms with Crippen LogP contribution >= 0.6 is 0 Å². The van der Waals surface area contributed by atoms with Gasteiger partial charge < -0.3 is 5.32 Å². The lowest BCUT2D eigenvalue weighted by molar-refractivity contribution is 0.600. The first-order valence-corrected chi connectivity index (χ1v) is 9.97. The first kappa shape index (κ1) is 18.4. The van der Waals surface area contributed by atoms with Crippen LogP contribution in [0, 0.1) is 11.3 Å². The monoisotopic (exact) mass is 378 g/mol. The van der Waals surface area contributed by atoms with Crippen LogP contribution in [0.4, 0.5) is 17.2 Å². The molecule has 0 amide bonds. The number of hydrogen-bond donors (Lipinski definition) is 2. The van der Waals surface area contributed by atoms with Crippen molar-refractivity contribution >= 4 is 27.2 Å². The summed E-state index contributed by atoms with van der Waals surface area (Å²) >= 11 is 0. The number of anilines is 3. The lowest BCUT2D eigenvalue weighted by Crippen LogP contribution is -2.18. The van der Waals surface area contributed by atoms with Crippen molar-refractivity contribution in [2.45, 2.75) is 6.42 Å². The molecule has 0 aliphatic rings. The molecule has 0 saturated carbocycles. The van der Waals surface area contributed by atoms with E-state index in [1.54, 1.807) is 30.3 Å². The molecule has 0 aliphatic heterocycles. The third-order valence-corrected chi connectivity index (χ3v) is 5.07. The summed E-state index contributed by atoms with van der Waals surface area (Å²) in [5.74, 6) is 0.249. The molecule has 0 radical (unpaired) electrons. The molecule has 2 N–H and O–H groups in total. The summed E-state index contributed by atoms with van der Waals surface area (Å²) in [6.07, 6.45) is 1.97. The molecule has 2 aromatic carbocycles. The van der Waals surface area contributed by atoms with Crippen molar-refractivity contribution in [3.8, 4) is 6.07 Å². The number of nitrogens with one attached hydrogen (secondary N) is 2. The first-order chi connectivity index (χ1) is 13.0. The summed E-state index contributed by atoms with van der Waals surface area (Å²) in [7, 11) is -3.48. The fraction of sp³-hybridized carbons (Fsp3) is 0.100. The summed E-state index contributed by atoms with van der Waals surface area (Å²) in [5, 5.41) is 12.1. The van der Waals surface area contributed by atoms with Gasteiger partial charge in [-0.2, -0.15) is 5.26 Å². The molecular formula is C20H18N4O2S. The largest absolute Gasteiger partial charge is 0.354 e. The number of pyridine rings is 1. The SMILES string of the molecule is N#Cc1cccc(Nc2ccc(NS(=O)(=O)CCc3ccccc3)nc2)c1. The van der Waals surface area contributed by atoms with Gasteiger partial charge in [0.25, 0.3) is 0 Å². The van der Waals surface area contributed by atoms with E-state index in [1.807, 2.05) is 36.4 Å². The van der Waals surface area contributed by atoms with Gasteiger partial charge in [-0.25, -0.2) is 13.4 Å². The Morgan fingerprint density at radius 2 is 1.78 bits per heavy atom. The molecule has 1 heterocycles. The van der Waals surface area contributed by atoms with Gasteiger partial charge in [0.1, 0.15) is 5.82 Å². The minimum absolute atomic E-state index is 0.0142. The molecule has 0 unspecified atom stereocenters. The van der Waals surface area contributed by atoms with Gasteiger partial charge in [0.05, 0.1) is 29.3 Å². The maximum atomic E-state index is 12.2. The lowest BCUT2D eigenvalue weighted by Gasteiger charge is -2.09. The van der Waals surface area contributed by atoms with E-state index in [1.165, 1.54) is 6.20 Å². The second kappa shape index (κ2) is 8.34. The molecule has 27 heavy (non-hydrogen) atoms. The normalized spacial score (nSPS) is 10.8. The van der Waals surface area contributed by atoms with Gasteiger partial charge in [-0.1, -0.05) is 36.4 Å². The van der Waals surface area contributed by atoms with Crippen LogP contribution in [0.2, 0.25) is 0 Å². The fourth-order valence-electron chi connectivity index (χ4n) is 2.47. The standard InChI is InChI=1S/C20H18N4O2S/c21-14-17-7-4-8-18(13-17)23-19-9-10-20(22-15-19)24-27(25,26)12-11-16-5-2-1-3-6-16/h1-10,13,15,23H,11-12H2,(H,22,24). The average molecular weight is 378 g/mol. The van der Waals surface area contributed by atoms with E-state index >= 15 is 0 Å². The molecular weight excluding hydrogens is 360 g/mol. The number of nitrogens with zero attached hydrogens (tertiary/aromatic N) is 2. The Hall–Kier alpha value is -3.37. The molecule has 0 fully saturated rings. The number of aryl methyl sites for hydroxylation is 1. The number of hydrogen-bond acceptors (Lipinski definition) is 5. The predicted octanol–water partition coefficient (Wildman–Crippen LogP) is 3.68. The van der Waals surface area contributed by atoms with Crippen molar-refractivity contribution < 1.29 is 8.42 Å². The zero-order valence-electron chi connectivity index (χ0n) is 14.5. The number of aromatic nitrogens is 1. The predicted molar refractivity (Wildman–Crippen MR) is 106 cm³/mol. The summed E-state index contributed by atoms with van der Waals surface area (Å²) in [6, 6.07) is 21.9. The first-order valence-electron chi connectivity index (χ1n) is 8.32. The molecule has 0 bridgehead atoms. The van der Waals surface area contributed by atoms with Crippen LogP contribution in [-0.4, -0.2) is 19.2 Å². The van der Waals surface area contributed by atoms with E-state index in [4.69, 9.17) is 5.26 Å². The molecule has 7 heteroatoms. The smallest absolute Gasteiger partial charge is 0.234 e. The van der Waals surface area contributed by atoms with E-state index in [2.05, 4.69) is 21.1 Å². The van der Waals surface area contributed by atoms with Crippen molar-refractivity contribution in [3.05, 3.63) is 84.1 Å². The van der Waals surface area contributed by atoms with Crippen LogP contribution in [0.15, 0.2) is 72.9 Å². The van der Waals surface area contributed by atoms with Crippen LogP contribution in [0.5, 0.6) is 0 Å². The molecule has 0 aliphatic carbocycles. The Bertz CT molecular complexity index is 1040. The molecule has 0 spiro atoms. The fourth-order valence-corrected chi connectivity index (χ4v) is 3.51. The third-order valence-electron chi connectivity index (χ3n) is 3.81. The van der Waals surface area contributed by atoms with Crippen LogP contribution in [-0.2, 0) is 16.4 Å². The molecule has 0 saturated heterocycles. The third kappa shape index (κ3) is 5.56. The van der Waals surface area contributed by atoms with E-state index in [-0.39, 0.29) is 11.6 Å². The van der Waals surface area contributed by atoms with Crippen molar-refractivity contribution in [2.75, 3.05) is 15.8 Å². The van der Waals surface area contributed by atoms with E-state index in [0.29, 0.717) is 17.7 Å². The highest BCUT2D eigenvalue weighted by Crippen LogP contribution is 2.18. The Morgan fingerprint density at radius 3 is 2.48 bits per heavy atom. The molecule has 6 nitrogen and oxygen atoms in total. The van der Waals surface area contributed by atoms with E-state index < -0.39 is 10.0 Å². The topological polar surface area (TPSA) is 94.9 Å². The summed E-state index contributed by atoms with van der Waals surface area (Å²) in [5.41, 5.74) is 2.97. The van der Waals surface area contributed by atoms with Gasteiger partial charge in [0.2, 0.25) is 10.0 Å². The zero-order valence-corrected chi connectivity index (χ0v) is 15.3. The average Bonchev–Trinajstić information content (AvgIpc) is 2.69. The van der Waals surface area contributed by atoms with Crippen LogP contribution in [0.25, 0.3) is 0 Å². The van der Waals surface area contributed by atoms with Gasteiger partial charge in [0, 0.05) is 5.69 Å². The minimum atomic E-state index is -3.48. The number of rotatable bonds is 7. The molecule has 3 aromatic rings. The lowest BCUT2D eigenvalue weighted by atomic mass is 10.2. The van der Waals surface area contributed by atoms with Crippen LogP contribution < -0.4 is 10.0 Å². The maximum Gasteiger partial charge on any atom is 0.234 e. The molecule has 3 rings (SSSR count). The maximum absolute atomic E-state index is 12.2. The Morgan fingerprint density at radius 1 is 0.963 bits per heavy atom. The minimum Gasteiger partial charge on any atom is -0.354 e. The van der Waals surface area contributed by atoms with Gasteiger partial charge >= 0.3 is 0 Å². The van der Waals surface area contributed by atoms with E-state index in [9.17, 15) is 8.42 Å². The summed E-state index contributed by atoms with van der Waals surface area (Å²) in [4.78, 5) is 4.14. The van der Waals surface area contributed by atoms with E-state index in [0.717, 1.165) is 11.3 Å². The number of nitriles is 1. The van der Waals surface area contributed by atoms with Crippen molar-refractivity contribution in [3.63, 3.8) is 0 Å². The van der Waals surface area contributed by atoms with Crippen LogP contribution in [0.1, 0.15) is 11.1 Å². The highest BCUT2D eigenvalue weighted by Gasteiger charge is 2.11. The summed E-state index contributed by atoms with van der Waals surface area (Å²) in [6.45, 7) is 0. The Kier molecular flexibility index (Phi) is 5.69. The number of benzene rings is 2. The van der Waals surface area contributed by atoms with Gasteiger partial charge in [-0.15, -0.1) is 0 Å². The van der Waals surface area contributed by atoms with Crippen LogP contribution in [0.3, 0.4) is 0 Å². The second-order valence-corrected chi connectivity index (χ2v) is 7.75. The molecule has 0 atom stereocenters. The quantitative estimate of drug-likeness (QED) is 0.654. The zero-order chi connectivity index (χ0) is 19.1. The van der Waals surface area contributed by atoms with Crippen molar-refractivity contribution in [1.29, 1.82) is 5.26 Å².